The van der Waals surface area contributed by atoms with Crippen molar-refractivity contribution in [2.45, 2.75) is 6.42 Å². The third-order valence-electron chi connectivity index (χ3n) is 2.30. The Labute approximate surface area is 115 Å². The van der Waals surface area contributed by atoms with Crippen LogP contribution in [0.5, 0.6) is 0 Å². The first-order valence-corrected chi connectivity index (χ1v) is 5.84. The maximum Gasteiger partial charge on any atom is 0.330 e. The minimum atomic E-state index is -0.262. The first kappa shape index (κ1) is 16.7. The van der Waals surface area contributed by atoms with E-state index in [2.05, 4.69) is 0 Å². The molecule has 0 aliphatic rings. The van der Waals surface area contributed by atoms with E-state index in [9.17, 15) is 4.79 Å². The minimum absolute atomic E-state index is 0. The number of benzene rings is 1. The Morgan fingerprint density at radius 2 is 1.94 bits per heavy atom. The molecule has 1 aromatic rings. The van der Waals surface area contributed by atoms with E-state index < -0.39 is 0 Å². The van der Waals surface area contributed by atoms with Crippen LogP contribution in [-0.2, 0) is 16.0 Å². The molecule has 0 radical (unpaired) electrons. The second-order valence-corrected chi connectivity index (χ2v) is 4.22. The van der Waals surface area contributed by atoms with Crippen molar-refractivity contribution in [1.29, 1.82) is 0 Å². The molecule has 0 bridgehead atoms. The van der Waals surface area contributed by atoms with Gasteiger partial charge in [-0.15, -0.1) is 0 Å². The number of carbonyl (C=O) groups is 1. The summed E-state index contributed by atoms with van der Waals surface area (Å²) < 4.78 is 5.04. The van der Waals surface area contributed by atoms with Crippen molar-refractivity contribution in [2.75, 3.05) is 27.2 Å². The molecule has 100 valence electrons. The van der Waals surface area contributed by atoms with Crippen LogP contribution >= 0.6 is 0 Å². The highest BCUT2D eigenvalue weighted by Gasteiger charge is 1.98. The quantitative estimate of drug-likeness (QED) is 0.456. The highest BCUT2D eigenvalue weighted by atomic mass is 35.5. The van der Waals surface area contributed by atoms with Gasteiger partial charge in [0, 0.05) is 6.08 Å². The molecule has 0 aromatic heterocycles. The average molecular weight is 270 g/mol. The summed E-state index contributed by atoms with van der Waals surface area (Å²) in [7, 11) is 4.05. The fourth-order valence-electron chi connectivity index (χ4n) is 1.31. The predicted molar refractivity (Wildman–Crippen MR) is 67.9 cm³/mol. The van der Waals surface area contributed by atoms with Gasteiger partial charge in [-0.25, -0.2) is 4.79 Å². The van der Waals surface area contributed by atoms with Gasteiger partial charge in [0.25, 0.3) is 0 Å². The van der Waals surface area contributed by atoms with Crippen molar-refractivity contribution in [3.05, 3.63) is 48.0 Å². The molecule has 0 saturated carbocycles. The second-order valence-electron chi connectivity index (χ2n) is 4.22. The summed E-state index contributed by atoms with van der Waals surface area (Å²) in [5, 5.41) is 0. The fourth-order valence-corrected chi connectivity index (χ4v) is 1.31. The van der Waals surface area contributed by atoms with Crippen molar-refractivity contribution < 1.29 is 26.8 Å². The predicted octanol–water partition coefficient (Wildman–Crippen LogP) is -2.52. The Balaban J connectivity index is 0.00000289. The van der Waals surface area contributed by atoms with Crippen LogP contribution < -0.4 is 17.3 Å². The average Bonchev–Trinajstić information content (AvgIpc) is 2.30. The number of nitrogens with one attached hydrogen (secondary N) is 1. The third-order valence-corrected chi connectivity index (χ3v) is 2.30. The lowest BCUT2D eigenvalue weighted by molar-refractivity contribution is -0.858. The standard InChI is InChI=1S/C14H19NO2.ClH/c1-15(2)11-12-17-14(16)10-6-9-13-7-4-3-5-8-13;/h3-8,10H,9,11-12H2,1-2H3;1H. The van der Waals surface area contributed by atoms with Gasteiger partial charge in [-0.1, -0.05) is 36.4 Å². The Morgan fingerprint density at radius 3 is 2.56 bits per heavy atom. The number of carbonyl (C=O) groups excluding carboxylic acids is 1. The zero-order valence-electron chi connectivity index (χ0n) is 10.9. The Bertz CT molecular complexity index is 363. The van der Waals surface area contributed by atoms with E-state index in [0.29, 0.717) is 6.61 Å². The molecule has 1 aromatic carbocycles. The Hall–Kier alpha value is -1.32. The molecule has 4 heteroatoms. The molecule has 3 nitrogen and oxygen atoms in total. The normalized spacial score (nSPS) is 10.4. The van der Waals surface area contributed by atoms with Gasteiger partial charge in [-0.3, -0.25) is 0 Å². The second kappa shape index (κ2) is 9.68. The van der Waals surface area contributed by atoms with Crippen LogP contribution in [0.15, 0.2) is 42.5 Å². The number of rotatable bonds is 6. The van der Waals surface area contributed by atoms with Crippen LogP contribution in [0.4, 0.5) is 0 Å². The lowest BCUT2D eigenvalue weighted by atomic mass is 10.1. The minimum Gasteiger partial charge on any atom is -1.00 e. The SMILES string of the molecule is C[NH+](C)CCOC(=O)C=CCc1ccccc1.[Cl-]. The molecule has 0 saturated heterocycles. The fraction of sp³-hybridized carbons (Fsp3) is 0.357. The summed E-state index contributed by atoms with van der Waals surface area (Å²) in [6.07, 6.45) is 4.09. The monoisotopic (exact) mass is 269 g/mol. The smallest absolute Gasteiger partial charge is 0.330 e. The Kier molecular flexibility index (Phi) is 8.97. The highest BCUT2D eigenvalue weighted by Crippen LogP contribution is 2.00. The van der Waals surface area contributed by atoms with Crippen molar-refractivity contribution in [3.63, 3.8) is 0 Å². The van der Waals surface area contributed by atoms with Crippen molar-refractivity contribution in [2.24, 2.45) is 0 Å². The van der Waals surface area contributed by atoms with Gasteiger partial charge in [0.1, 0.15) is 13.2 Å². The molecule has 18 heavy (non-hydrogen) atoms. The largest absolute Gasteiger partial charge is 1.00 e. The van der Waals surface area contributed by atoms with Gasteiger partial charge in [0.15, 0.2) is 0 Å². The van der Waals surface area contributed by atoms with Crippen LogP contribution in [0.1, 0.15) is 5.56 Å². The van der Waals surface area contributed by atoms with E-state index in [4.69, 9.17) is 4.74 Å². The first-order chi connectivity index (χ1) is 8.18. The van der Waals surface area contributed by atoms with Crippen molar-refractivity contribution in [1.82, 2.24) is 0 Å². The molecule has 0 heterocycles. The van der Waals surface area contributed by atoms with Crippen molar-refractivity contribution >= 4 is 5.97 Å². The van der Waals surface area contributed by atoms with E-state index in [0.717, 1.165) is 13.0 Å². The van der Waals surface area contributed by atoms with Crippen molar-refractivity contribution in [3.8, 4) is 0 Å². The van der Waals surface area contributed by atoms with E-state index in [-0.39, 0.29) is 18.4 Å². The summed E-state index contributed by atoms with van der Waals surface area (Å²) in [5.74, 6) is -0.262. The third kappa shape index (κ3) is 7.87. The molecule has 0 atom stereocenters. The first-order valence-electron chi connectivity index (χ1n) is 5.84. The number of allylic oxidation sites excluding steroid dienone is 1. The molecule has 0 unspecified atom stereocenters. The maximum absolute atomic E-state index is 11.3. The zero-order valence-corrected chi connectivity index (χ0v) is 11.6. The van der Waals surface area contributed by atoms with Gasteiger partial charge in [-0.05, 0) is 12.0 Å². The molecule has 0 amide bonds. The molecule has 0 fully saturated rings. The summed E-state index contributed by atoms with van der Waals surface area (Å²) in [6, 6.07) is 10.0. The van der Waals surface area contributed by atoms with Gasteiger partial charge < -0.3 is 22.0 Å². The number of likely N-dealkylation sites (N-methyl/N-ethyl adjacent to an activating group) is 1. The molecular formula is C14H20ClNO2. The van der Waals surface area contributed by atoms with E-state index >= 15 is 0 Å². The molecular weight excluding hydrogens is 250 g/mol. The van der Waals surface area contributed by atoms with Crippen LogP contribution in [0.2, 0.25) is 0 Å². The Morgan fingerprint density at radius 1 is 1.28 bits per heavy atom. The maximum atomic E-state index is 11.3. The van der Waals surface area contributed by atoms with Gasteiger partial charge in [0.05, 0.1) is 14.1 Å². The number of quaternary nitrogens is 1. The van der Waals surface area contributed by atoms with Crippen LogP contribution in [-0.4, -0.2) is 33.2 Å². The summed E-state index contributed by atoms with van der Waals surface area (Å²) >= 11 is 0. The van der Waals surface area contributed by atoms with Crippen LogP contribution in [0, 0.1) is 0 Å². The number of hydrogen-bond acceptors (Lipinski definition) is 2. The lowest BCUT2D eigenvalue weighted by Gasteiger charge is -2.06. The summed E-state index contributed by atoms with van der Waals surface area (Å²) in [4.78, 5) is 12.6. The van der Waals surface area contributed by atoms with E-state index in [1.54, 1.807) is 0 Å². The number of halogens is 1. The lowest BCUT2D eigenvalue weighted by Crippen LogP contribution is -3.06. The highest BCUT2D eigenvalue weighted by molar-refractivity contribution is 5.81. The van der Waals surface area contributed by atoms with Gasteiger partial charge in [0.2, 0.25) is 0 Å². The van der Waals surface area contributed by atoms with Gasteiger partial charge in [-0.2, -0.15) is 0 Å². The van der Waals surface area contributed by atoms with E-state index in [1.165, 1.54) is 16.5 Å². The van der Waals surface area contributed by atoms with Crippen LogP contribution in [0.25, 0.3) is 0 Å². The molecule has 1 N–H and O–H groups in total. The van der Waals surface area contributed by atoms with E-state index in [1.807, 2.05) is 50.5 Å². The molecule has 0 aliphatic heterocycles. The zero-order chi connectivity index (χ0) is 12.5. The molecule has 0 spiro atoms. The van der Waals surface area contributed by atoms with Gasteiger partial charge >= 0.3 is 5.97 Å². The summed E-state index contributed by atoms with van der Waals surface area (Å²) in [6.45, 7) is 1.30. The topological polar surface area (TPSA) is 30.7 Å². The summed E-state index contributed by atoms with van der Waals surface area (Å²) in [5.41, 5.74) is 1.19. The number of esters is 1. The van der Waals surface area contributed by atoms with Crippen LogP contribution in [0.3, 0.4) is 0 Å². The molecule has 1 rings (SSSR count). The molecule has 0 aliphatic carbocycles. The number of ether oxygens (including phenoxy) is 1. The number of hydrogen-bond donors (Lipinski definition) is 1.